The molecule has 3 aromatic carbocycles. The van der Waals surface area contributed by atoms with Gasteiger partial charge < -0.3 is 10.6 Å². The number of hydrogen-bond acceptors (Lipinski definition) is 2. The monoisotopic (exact) mass is 362 g/mol. The van der Waals surface area contributed by atoms with E-state index in [1.165, 1.54) is 18.2 Å². The van der Waals surface area contributed by atoms with Gasteiger partial charge in [0, 0.05) is 5.69 Å². The largest absolute Gasteiger partial charge is 0.325 e. The van der Waals surface area contributed by atoms with Crippen LogP contribution in [0.4, 0.5) is 15.8 Å². The van der Waals surface area contributed by atoms with Crippen molar-refractivity contribution in [2.45, 2.75) is 12.8 Å². The van der Waals surface area contributed by atoms with E-state index >= 15 is 0 Å². The maximum Gasteiger partial charge on any atom is 0.247 e. The van der Waals surface area contributed by atoms with Crippen LogP contribution in [0.25, 0.3) is 10.8 Å². The molecule has 2 amide bonds. The molecule has 4 nitrogen and oxygen atoms in total. The Kier molecular flexibility index (Phi) is 5.31. The van der Waals surface area contributed by atoms with Crippen molar-refractivity contribution in [3.8, 4) is 0 Å². The summed E-state index contributed by atoms with van der Waals surface area (Å²) in [5.74, 6) is -1.74. The zero-order valence-electron chi connectivity index (χ0n) is 14.8. The van der Waals surface area contributed by atoms with E-state index in [0.717, 1.165) is 22.4 Å². The van der Waals surface area contributed by atoms with Gasteiger partial charge >= 0.3 is 0 Å². The van der Waals surface area contributed by atoms with Gasteiger partial charge in [-0.25, -0.2) is 4.39 Å². The Morgan fingerprint density at radius 3 is 2.48 bits per heavy atom. The lowest BCUT2D eigenvalue weighted by Gasteiger charge is -2.14. The number of hydrogen-bond donors (Lipinski definition) is 2. The summed E-state index contributed by atoms with van der Waals surface area (Å²) in [6.45, 7) is 5.14. The molecule has 136 valence electrons. The Hall–Kier alpha value is -3.47. The van der Waals surface area contributed by atoms with Crippen molar-refractivity contribution in [1.29, 1.82) is 0 Å². The number of nitrogens with one attached hydrogen (secondary N) is 2. The zero-order valence-corrected chi connectivity index (χ0v) is 14.8. The molecule has 0 saturated carbocycles. The fourth-order valence-electron chi connectivity index (χ4n) is 2.76. The fourth-order valence-corrected chi connectivity index (χ4v) is 2.76. The molecule has 0 aliphatic rings. The predicted octanol–water partition coefficient (Wildman–Crippen LogP) is 4.85. The van der Waals surface area contributed by atoms with E-state index in [9.17, 15) is 14.0 Å². The van der Waals surface area contributed by atoms with Crippen LogP contribution >= 0.6 is 0 Å². The quantitative estimate of drug-likeness (QED) is 0.638. The number of amides is 2. The molecule has 0 aromatic heterocycles. The van der Waals surface area contributed by atoms with Crippen LogP contribution in [0, 0.1) is 5.82 Å². The van der Waals surface area contributed by atoms with E-state index in [0.29, 0.717) is 5.69 Å². The molecule has 0 saturated heterocycles. The first-order valence-corrected chi connectivity index (χ1v) is 8.50. The van der Waals surface area contributed by atoms with E-state index < -0.39 is 17.6 Å². The van der Waals surface area contributed by atoms with Crippen molar-refractivity contribution in [3.63, 3.8) is 0 Å². The SMILES string of the molecule is C=CC(=O)Nc1cc(NC(=O)C(C)c2ccc3ccccc3c2)ccc1F. The minimum Gasteiger partial charge on any atom is -0.325 e. The minimum atomic E-state index is -0.592. The molecule has 0 bridgehead atoms. The molecule has 0 fully saturated rings. The lowest BCUT2D eigenvalue weighted by atomic mass is 9.97. The number of carbonyl (C=O) groups excluding carboxylic acids is 2. The molecule has 1 atom stereocenters. The maximum absolute atomic E-state index is 13.8. The Balaban J connectivity index is 1.78. The number of carbonyl (C=O) groups is 2. The lowest BCUT2D eigenvalue weighted by Crippen LogP contribution is -2.19. The maximum atomic E-state index is 13.8. The third kappa shape index (κ3) is 4.20. The van der Waals surface area contributed by atoms with Gasteiger partial charge in [0.2, 0.25) is 11.8 Å². The van der Waals surface area contributed by atoms with Crippen molar-refractivity contribution in [1.82, 2.24) is 0 Å². The third-order valence-electron chi connectivity index (χ3n) is 4.34. The molecule has 3 rings (SSSR count). The number of halogens is 1. The van der Waals surface area contributed by atoms with Gasteiger partial charge in [-0.1, -0.05) is 49.0 Å². The molecular formula is C22H19FN2O2. The summed E-state index contributed by atoms with van der Waals surface area (Å²) in [4.78, 5) is 24.0. The third-order valence-corrected chi connectivity index (χ3v) is 4.34. The molecular weight excluding hydrogens is 343 g/mol. The van der Waals surface area contributed by atoms with Crippen LogP contribution in [0.2, 0.25) is 0 Å². The lowest BCUT2D eigenvalue weighted by molar-refractivity contribution is -0.117. The fraction of sp³-hybridized carbons (Fsp3) is 0.0909. The molecule has 27 heavy (non-hydrogen) atoms. The first-order valence-electron chi connectivity index (χ1n) is 8.50. The number of rotatable bonds is 5. The first kappa shape index (κ1) is 18.3. The number of fused-ring (bicyclic) bond motifs is 1. The molecule has 0 aliphatic carbocycles. The highest BCUT2D eigenvalue weighted by Gasteiger charge is 2.16. The standard InChI is InChI=1S/C22H19FN2O2/c1-3-21(26)25-20-13-18(10-11-19(20)23)24-22(27)14(2)16-9-8-15-6-4-5-7-17(15)12-16/h3-14H,1H2,2H3,(H,24,27)(H,25,26). The van der Waals surface area contributed by atoms with Crippen LogP contribution < -0.4 is 10.6 Å². The molecule has 0 aliphatic heterocycles. The number of anilines is 2. The Bertz CT molecular complexity index is 1030. The molecule has 2 N–H and O–H groups in total. The summed E-state index contributed by atoms with van der Waals surface area (Å²) in [7, 11) is 0. The van der Waals surface area contributed by atoms with Crippen LogP contribution in [-0.4, -0.2) is 11.8 Å². The highest BCUT2D eigenvalue weighted by molar-refractivity contribution is 6.00. The normalized spacial score (nSPS) is 11.6. The van der Waals surface area contributed by atoms with Crippen molar-refractivity contribution in [2.24, 2.45) is 0 Å². The molecule has 0 radical (unpaired) electrons. The topological polar surface area (TPSA) is 58.2 Å². The van der Waals surface area contributed by atoms with Crippen LogP contribution in [0.5, 0.6) is 0 Å². The minimum absolute atomic E-state index is 0.0175. The Morgan fingerprint density at radius 1 is 1.00 bits per heavy atom. The van der Waals surface area contributed by atoms with Crippen LogP contribution in [-0.2, 0) is 9.59 Å². The van der Waals surface area contributed by atoms with Gasteiger partial charge in [-0.2, -0.15) is 0 Å². The van der Waals surface area contributed by atoms with Gasteiger partial charge in [-0.15, -0.1) is 0 Å². The van der Waals surface area contributed by atoms with E-state index in [-0.39, 0.29) is 11.6 Å². The van der Waals surface area contributed by atoms with Crippen LogP contribution in [0.15, 0.2) is 73.3 Å². The van der Waals surface area contributed by atoms with Gasteiger partial charge in [0.1, 0.15) is 5.82 Å². The average Bonchev–Trinajstić information content (AvgIpc) is 2.69. The molecule has 1 unspecified atom stereocenters. The summed E-state index contributed by atoms with van der Waals surface area (Å²) in [6.07, 6.45) is 1.05. The van der Waals surface area contributed by atoms with Gasteiger partial charge in [-0.3, -0.25) is 9.59 Å². The molecule has 0 spiro atoms. The van der Waals surface area contributed by atoms with Gasteiger partial charge in [0.05, 0.1) is 11.6 Å². The van der Waals surface area contributed by atoms with Gasteiger partial charge in [-0.05, 0) is 47.5 Å². The van der Waals surface area contributed by atoms with E-state index in [2.05, 4.69) is 17.2 Å². The number of benzene rings is 3. The molecule has 0 heterocycles. The van der Waals surface area contributed by atoms with Gasteiger partial charge in [0.15, 0.2) is 0 Å². The predicted molar refractivity (Wildman–Crippen MR) is 106 cm³/mol. The second kappa shape index (κ2) is 7.83. The van der Waals surface area contributed by atoms with Crippen molar-refractivity contribution in [2.75, 3.05) is 10.6 Å². The summed E-state index contributed by atoms with van der Waals surface area (Å²) in [5.41, 5.74) is 1.26. The average molecular weight is 362 g/mol. The highest BCUT2D eigenvalue weighted by atomic mass is 19.1. The van der Waals surface area contributed by atoms with E-state index in [1.54, 1.807) is 0 Å². The van der Waals surface area contributed by atoms with Crippen LogP contribution in [0.3, 0.4) is 0 Å². The summed E-state index contributed by atoms with van der Waals surface area (Å²) < 4.78 is 13.8. The molecule has 3 aromatic rings. The summed E-state index contributed by atoms with van der Waals surface area (Å²) in [6, 6.07) is 17.8. The smallest absolute Gasteiger partial charge is 0.247 e. The second-order valence-corrected chi connectivity index (χ2v) is 6.21. The van der Waals surface area contributed by atoms with Crippen molar-refractivity contribution in [3.05, 3.63) is 84.7 Å². The van der Waals surface area contributed by atoms with Crippen molar-refractivity contribution >= 4 is 34.0 Å². The first-order chi connectivity index (χ1) is 13.0. The van der Waals surface area contributed by atoms with Gasteiger partial charge in [0.25, 0.3) is 0 Å². The van der Waals surface area contributed by atoms with E-state index in [1.807, 2.05) is 49.4 Å². The zero-order chi connectivity index (χ0) is 19.4. The highest BCUT2D eigenvalue weighted by Crippen LogP contribution is 2.24. The summed E-state index contributed by atoms with van der Waals surface area (Å²) in [5, 5.41) is 7.30. The Labute approximate surface area is 156 Å². The van der Waals surface area contributed by atoms with Crippen molar-refractivity contribution < 1.29 is 14.0 Å². The summed E-state index contributed by atoms with van der Waals surface area (Å²) >= 11 is 0. The second-order valence-electron chi connectivity index (χ2n) is 6.21. The molecule has 5 heteroatoms. The van der Waals surface area contributed by atoms with E-state index in [4.69, 9.17) is 0 Å². The Morgan fingerprint density at radius 2 is 1.74 bits per heavy atom. The van der Waals surface area contributed by atoms with Crippen LogP contribution in [0.1, 0.15) is 18.4 Å².